The highest BCUT2D eigenvalue weighted by atomic mass is 16.5. The van der Waals surface area contributed by atoms with Crippen LogP contribution in [-0.2, 0) is 11.3 Å². The molecule has 0 fully saturated rings. The monoisotopic (exact) mass is 479 g/mol. The number of anilines is 3. The number of hydrogen-bond donors (Lipinski definition) is 3. The van der Waals surface area contributed by atoms with Crippen molar-refractivity contribution in [2.75, 3.05) is 29.0 Å². The second kappa shape index (κ2) is 11.4. The number of ether oxygens (including phenoxy) is 1. The molecule has 1 aromatic heterocycles. The quantitative estimate of drug-likeness (QED) is 0.408. The number of para-hydroxylation sites is 1. The van der Waals surface area contributed by atoms with Gasteiger partial charge in [0.2, 0.25) is 5.91 Å². The lowest BCUT2D eigenvalue weighted by molar-refractivity contribution is -0.115. The van der Waals surface area contributed by atoms with Gasteiger partial charge < -0.3 is 20.7 Å². The summed E-state index contributed by atoms with van der Waals surface area (Å²) in [5.41, 5.74) is 5.82. The van der Waals surface area contributed by atoms with Crippen molar-refractivity contribution in [3.05, 3.63) is 75.4 Å². The number of carbonyl (C=O) groups excluding carboxylic acids is 1. The minimum atomic E-state index is -0.608. The molecule has 3 rings (SSSR count). The van der Waals surface area contributed by atoms with E-state index in [0.29, 0.717) is 24.5 Å². The van der Waals surface area contributed by atoms with E-state index < -0.39 is 11.2 Å². The summed E-state index contributed by atoms with van der Waals surface area (Å²) in [6.07, 6.45) is 0. The molecule has 0 aliphatic rings. The molecule has 0 radical (unpaired) electrons. The lowest BCUT2D eigenvalue weighted by Gasteiger charge is -2.27. The molecule has 0 aliphatic carbocycles. The predicted octanol–water partition coefficient (Wildman–Crippen LogP) is 3.67. The van der Waals surface area contributed by atoms with E-state index in [9.17, 15) is 14.4 Å². The van der Waals surface area contributed by atoms with Gasteiger partial charge in [-0.3, -0.25) is 19.1 Å². The molecule has 0 bridgehead atoms. The highest BCUT2D eigenvalue weighted by Crippen LogP contribution is 2.23. The topological polar surface area (TPSA) is 122 Å². The Morgan fingerprint density at radius 2 is 1.63 bits per heavy atom. The smallest absolute Gasteiger partial charge is 0.330 e. The molecule has 0 spiro atoms. The fourth-order valence-electron chi connectivity index (χ4n) is 3.71. The van der Waals surface area contributed by atoms with Gasteiger partial charge in [-0.1, -0.05) is 45.9 Å². The molecule has 3 aromatic rings. The van der Waals surface area contributed by atoms with E-state index in [1.54, 1.807) is 29.2 Å². The van der Waals surface area contributed by atoms with Crippen molar-refractivity contribution in [3.63, 3.8) is 0 Å². The van der Waals surface area contributed by atoms with Crippen LogP contribution < -0.4 is 31.9 Å². The number of aromatic amines is 1. The van der Waals surface area contributed by atoms with Crippen molar-refractivity contribution in [2.45, 2.75) is 34.2 Å². The van der Waals surface area contributed by atoms with Gasteiger partial charge in [-0.2, -0.15) is 0 Å². The molecule has 0 saturated carbocycles. The van der Waals surface area contributed by atoms with Gasteiger partial charge in [0.15, 0.2) is 0 Å². The number of aromatic nitrogens is 2. The molecular weight excluding hydrogens is 446 g/mol. The van der Waals surface area contributed by atoms with Crippen LogP contribution in [0.15, 0.2) is 64.2 Å². The molecule has 9 nitrogen and oxygen atoms in total. The summed E-state index contributed by atoms with van der Waals surface area (Å²) >= 11 is 0. The second-order valence-electron chi connectivity index (χ2n) is 9.26. The fraction of sp³-hybridized carbons (Fsp3) is 0.346. The highest BCUT2D eigenvalue weighted by molar-refractivity contribution is 5.94. The van der Waals surface area contributed by atoms with Crippen LogP contribution in [0.4, 0.5) is 17.2 Å². The number of rotatable bonds is 10. The molecule has 9 heteroatoms. The number of nitrogens with two attached hydrogens (primary N) is 1. The Morgan fingerprint density at radius 1 is 1.00 bits per heavy atom. The van der Waals surface area contributed by atoms with Crippen molar-refractivity contribution < 1.29 is 9.53 Å². The molecule has 0 unspecified atom stereocenters. The Morgan fingerprint density at radius 3 is 2.23 bits per heavy atom. The number of nitrogens with one attached hydrogen (secondary N) is 2. The third kappa shape index (κ3) is 6.99. The van der Waals surface area contributed by atoms with Gasteiger partial charge in [-0.05, 0) is 48.2 Å². The first-order valence-corrected chi connectivity index (χ1v) is 11.6. The summed E-state index contributed by atoms with van der Waals surface area (Å²) in [5, 5.41) is 2.85. The van der Waals surface area contributed by atoms with Crippen LogP contribution in [0.3, 0.4) is 0 Å². The summed E-state index contributed by atoms with van der Waals surface area (Å²) < 4.78 is 7.12. The molecule has 0 aliphatic heterocycles. The third-order valence-electron chi connectivity index (χ3n) is 5.12. The SMILES string of the molecule is CC(C)CN(CC(=O)Nc1ccc(Oc2ccccc2)cc1)c1c(N)n(CC(C)C)c(=O)[nH]c1=O. The van der Waals surface area contributed by atoms with E-state index >= 15 is 0 Å². The summed E-state index contributed by atoms with van der Waals surface area (Å²) in [6, 6.07) is 16.4. The maximum Gasteiger partial charge on any atom is 0.330 e. The number of hydrogen-bond acceptors (Lipinski definition) is 6. The highest BCUT2D eigenvalue weighted by Gasteiger charge is 2.22. The van der Waals surface area contributed by atoms with Gasteiger partial charge in [0.05, 0.1) is 6.54 Å². The number of H-pyrrole nitrogens is 1. The first kappa shape index (κ1) is 25.6. The number of amides is 1. The minimum absolute atomic E-state index is 0.0586. The van der Waals surface area contributed by atoms with Crippen LogP contribution in [0.2, 0.25) is 0 Å². The largest absolute Gasteiger partial charge is 0.457 e. The summed E-state index contributed by atoms with van der Waals surface area (Å²) in [7, 11) is 0. The molecule has 2 aromatic carbocycles. The van der Waals surface area contributed by atoms with E-state index in [2.05, 4.69) is 10.3 Å². The Bertz CT molecular complexity index is 1250. The number of nitrogen functional groups attached to an aromatic ring is 1. The first-order chi connectivity index (χ1) is 16.6. The lowest BCUT2D eigenvalue weighted by atomic mass is 10.2. The van der Waals surface area contributed by atoms with Gasteiger partial charge in [0, 0.05) is 18.8 Å². The zero-order chi connectivity index (χ0) is 25.5. The molecular formula is C26H33N5O4. The first-order valence-electron chi connectivity index (χ1n) is 11.6. The fourth-order valence-corrected chi connectivity index (χ4v) is 3.71. The average molecular weight is 480 g/mol. The van der Waals surface area contributed by atoms with Crippen LogP contribution in [0.5, 0.6) is 11.5 Å². The zero-order valence-electron chi connectivity index (χ0n) is 20.6. The van der Waals surface area contributed by atoms with Gasteiger partial charge in [-0.25, -0.2) is 4.79 Å². The van der Waals surface area contributed by atoms with E-state index in [0.717, 1.165) is 5.75 Å². The molecule has 4 N–H and O–H groups in total. The van der Waals surface area contributed by atoms with Gasteiger partial charge in [0.1, 0.15) is 23.0 Å². The summed E-state index contributed by atoms with van der Waals surface area (Å²) in [6.45, 7) is 8.51. The normalized spacial score (nSPS) is 11.0. The van der Waals surface area contributed by atoms with Crippen LogP contribution in [0.25, 0.3) is 0 Å². The second-order valence-corrected chi connectivity index (χ2v) is 9.26. The Balaban J connectivity index is 1.77. The Hall–Kier alpha value is -4.01. The van der Waals surface area contributed by atoms with Crippen LogP contribution in [0, 0.1) is 11.8 Å². The number of benzene rings is 2. The van der Waals surface area contributed by atoms with E-state index in [1.165, 1.54) is 4.57 Å². The van der Waals surface area contributed by atoms with Crippen LogP contribution in [0.1, 0.15) is 27.7 Å². The zero-order valence-corrected chi connectivity index (χ0v) is 20.6. The maximum absolute atomic E-state index is 12.9. The summed E-state index contributed by atoms with van der Waals surface area (Å²) in [4.78, 5) is 41.9. The number of nitrogens with zero attached hydrogens (tertiary/aromatic N) is 2. The lowest BCUT2D eigenvalue weighted by Crippen LogP contribution is -2.43. The van der Waals surface area contributed by atoms with Gasteiger partial charge in [0.25, 0.3) is 5.56 Å². The molecule has 1 amide bonds. The van der Waals surface area contributed by atoms with Crippen molar-refractivity contribution in [2.24, 2.45) is 11.8 Å². The summed E-state index contributed by atoms with van der Waals surface area (Å²) in [5.74, 6) is 1.38. The van der Waals surface area contributed by atoms with E-state index in [4.69, 9.17) is 10.5 Å². The number of carbonyl (C=O) groups is 1. The van der Waals surface area contributed by atoms with E-state index in [-0.39, 0.29) is 35.8 Å². The predicted molar refractivity (Wildman–Crippen MR) is 139 cm³/mol. The molecule has 35 heavy (non-hydrogen) atoms. The maximum atomic E-state index is 12.9. The van der Waals surface area contributed by atoms with E-state index in [1.807, 2.05) is 58.0 Å². The van der Waals surface area contributed by atoms with Crippen LogP contribution in [-0.4, -0.2) is 28.5 Å². The standard InChI is InChI=1S/C26H33N5O4/c1-17(2)14-30(23-24(27)31(15-18(3)4)26(34)29-25(23)33)16-22(32)28-19-10-12-21(13-11-19)35-20-8-6-5-7-9-20/h5-13,17-18H,14-16,27H2,1-4H3,(H,28,32)(H,29,33,34). The van der Waals surface area contributed by atoms with Crippen molar-refractivity contribution in [3.8, 4) is 11.5 Å². The molecule has 0 atom stereocenters. The van der Waals surface area contributed by atoms with Crippen LogP contribution >= 0.6 is 0 Å². The molecule has 186 valence electrons. The van der Waals surface area contributed by atoms with Crippen molar-refractivity contribution in [1.82, 2.24) is 9.55 Å². The van der Waals surface area contributed by atoms with Gasteiger partial charge >= 0.3 is 5.69 Å². The molecule has 1 heterocycles. The van der Waals surface area contributed by atoms with Crippen molar-refractivity contribution in [1.29, 1.82) is 0 Å². The Labute approximate surface area is 204 Å². The van der Waals surface area contributed by atoms with Gasteiger partial charge in [-0.15, -0.1) is 0 Å². The molecule has 0 saturated heterocycles. The minimum Gasteiger partial charge on any atom is -0.457 e. The Kier molecular flexibility index (Phi) is 8.35. The van der Waals surface area contributed by atoms with Crippen molar-refractivity contribution >= 4 is 23.1 Å². The third-order valence-corrected chi connectivity index (χ3v) is 5.12. The average Bonchev–Trinajstić information content (AvgIpc) is 2.78.